The third kappa shape index (κ3) is 2.84. The molecule has 2 aliphatic heterocycles. The molecule has 1 saturated carbocycles. The number of carbonyl (C=O) groups is 3. The van der Waals surface area contributed by atoms with Gasteiger partial charge in [-0.25, -0.2) is 4.79 Å². The van der Waals surface area contributed by atoms with Gasteiger partial charge in [-0.2, -0.15) is 0 Å². The van der Waals surface area contributed by atoms with Crippen LogP contribution in [0.2, 0.25) is 0 Å². The second kappa shape index (κ2) is 6.26. The van der Waals surface area contributed by atoms with Crippen LogP contribution in [0, 0.1) is 5.41 Å². The molecule has 3 amide bonds. The van der Waals surface area contributed by atoms with Gasteiger partial charge >= 0.3 is 6.09 Å². The second-order valence-electron chi connectivity index (χ2n) is 7.62. The quantitative estimate of drug-likeness (QED) is 0.755. The van der Waals surface area contributed by atoms with E-state index in [9.17, 15) is 14.4 Å². The zero-order valence-electron chi connectivity index (χ0n) is 14.3. The zero-order chi connectivity index (χ0) is 17.4. The van der Waals surface area contributed by atoms with E-state index in [4.69, 9.17) is 10.5 Å². The second-order valence-corrected chi connectivity index (χ2v) is 7.62. The van der Waals surface area contributed by atoms with Crippen LogP contribution >= 0.6 is 0 Å². The summed E-state index contributed by atoms with van der Waals surface area (Å²) in [5, 5.41) is 3.16. The van der Waals surface area contributed by atoms with E-state index < -0.39 is 23.5 Å². The molecule has 0 bridgehead atoms. The van der Waals surface area contributed by atoms with Crippen molar-refractivity contribution in [1.29, 1.82) is 0 Å². The van der Waals surface area contributed by atoms with E-state index in [0.717, 1.165) is 38.5 Å². The molecule has 0 aromatic rings. The molecule has 134 valence electrons. The lowest BCUT2D eigenvalue weighted by Crippen LogP contribution is -2.44. The van der Waals surface area contributed by atoms with Crippen molar-refractivity contribution in [1.82, 2.24) is 10.2 Å². The van der Waals surface area contributed by atoms with E-state index in [0.29, 0.717) is 19.4 Å². The Hall–Kier alpha value is -1.79. The highest BCUT2D eigenvalue weighted by Gasteiger charge is 2.61. The molecule has 0 unspecified atom stereocenters. The summed E-state index contributed by atoms with van der Waals surface area (Å²) in [4.78, 5) is 38.3. The zero-order valence-corrected chi connectivity index (χ0v) is 14.3. The van der Waals surface area contributed by atoms with E-state index in [1.807, 2.05) is 6.92 Å². The summed E-state index contributed by atoms with van der Waals surface area (Å²) in [5.74, 6) is -0.612. The Bertz CT molecular complexity index is 544. The van der Waals surface area contributed by atoms with Crippen LogP contribution in [0.4, 0.5) is 4.79 Å². The van der Waals surface area contributed by atoms with E-state index in [1.165, 1.54) is 4.90 Å². The summed E-state index contributed by atoms with van der Waals surface area (Å²) < 4.78 is 5.25. The fourth-order valence-electron chi connectivity index (χ4n) is 4.61. The smallest absolute Gasteiger partial charge is 0.410 e. The number of hydrogen-bond donors (Lipinski definition) is 2. The fraction of sp³-hybridized carbons (Fsp3) is 0.824. The number of hydrogen-bond acceptors (Lipinski definition) is 4. The van der Waals surface area contributed by atoms with E-state index >= 15 is 0 Å². The van der Waals surface area contributed by atoms with Gasteiger partial charge < -0.3 is 15.8 Å². The third-order valence-electron chi connectivity index (χ3n) is 5.82. The molecule has 3 rings (SSSR count). The first-order chi connectivity index (χ1) is 11.4. The van der Waals surface area contributed by atoms with Gasteiger partial charge in [0.1, 0.15) is 6.04 Å². The number of nitrogens with one attached hydrogen (secondary N) is 1. The first-order valence-corrected chi connectivity index (χ1v) is 8.97. The monoisotopic (exact) mass is 337 g/mol. The van der Waals surface area contributed by atoms with Gasteiger partial charge in [-0.3, -0.25) is 14.5 Å². The summed E-state index contributed by atoms with van der Waals surface area (Å²) in [6.45, 7) is 2.55. The first kappa shape index (κ1) is 17.0. The standard InChI is InChI=1S/C17H27N3O4/c1-2-3-8-24-15(23)20-11-16(9-12(20)13(18)21)10-17(19-14(16)22)6-4-5-7-17/h12H,2-11H2,1H3,(H2,18,21)(H,19,22)/t12-,16+/m0/s1. The molecule has 0 radical (unpaired) electrons. The lowest BCUT2D eigenvalue weighted by atomic mass is 9.78. The SMILES string of the molecule is CCCCOC(=O)N1C[C@@]2(C[C@H]1C(N)=O)CC1(CCCC1)NC2=O. The summed E-state index contributed by atoms with van der Waals surface area (Å²) in [6.07, 6.45) is 6.31. The normalized spacial score (nSPS) is 31.0. The number of ether oxygens (including phenoxy) is 1. The van der Waals surface area contributed by atoms with E-state index in [2.05, 4.69) is 5.32 Å². The van der Waals surface area contributed by atoms with Crippen molar-refractivity contribution in [2.75, 3.05) is 13.2 Å². The molecule has 3 N–H and O–H groups in total. The van der Waals surface area contributed by atoms with Gasteiger partial charge in [0.25, 0.3) is 0 Å². The largest absolute Gasteiger partial charge is 0.449 e. The number of nitrogens with zero attached hydrogens (tertiary/aromatic N) is 1. The lowest BCUT2D eigenvalue weighted by Gasteiger charge is -2.25. The topological polar surface area (TPSA) is 102 Å². The van der Waals surface area contributed by atoms with Crippen molar-refractivity contribution < 1.29 is 19.1 Å². The van der Waals surface area contributed by atoms with Crippen LogP contribution in [-0.4, -0.2) is 47.5 Å². The van der Waals surface area contributed by atoms with Crippen molar-refractivity contribution in [3.63, 3.8) is 0 Å². The van der Waals surface area contributed by atoms with Gasteiger partial charge in [0, 0.05) is 12.1 Å². The molecule has 2 spiro atoms. The Kier molecular flexibility index (Phi) is 4.44. The summed E-state index contributed by atoms with van der Waals surface area (Å²) in [5.41, 5.74) is 4.65. The molecule has 24 heavy (non-hydrogen) atoms. The maximum atomic E-state index is 12.7. The number of rotatable bonds is 4. The lowest BCUT2D eigenvalue weighted by molar-refractivity contribution is -0.127. The number of likely N-dealkylation sites (tertiary alicyclic amines) is 1. The summed E-state index contributed by atoms with van der Waals surface area (Å²) >= 11 is 0. The highest BCUT2D eigenvalue weighted by Crippen LogP contribution is 2.50. The van der Waals surface area contributed by atoms with Gasteiger partial charge in [0.05, 0.1) is 12.0 Å². The van der Waals surface area contributed by atoms with Crippen molar-refractivity contribution in [3.05, 3.63) is 0 Å². The molecular formula is C17H27N3O4. The number of carbonyl (C=O) groups excluding carboxylic acids is 3. The molecular weight excluding hydrogens is 310 g/mol. The molecule has 2 atom stereocenters. The first-order valence-electron chi connectivity index (χ1n) is 8.97. The Morgan fingerprint density at radius 2 is 2.08 bits per heavy atom. The molecule has 0 aromatic heterocycles. The molecule has 7 nitrogen and oxygen atoms in total. The number of primary amides is 1. The van der Waals surface area contributed by atoms with Crippen LogP contribution in [-0.2, 0) is 14.3 Å². The molecule has 3 aliphatic rings. The van der Waals surface area contributed by atoms with Crippen molar-refractivity contribution in [2.45, 2.75) is 69.9 Å². The number of amides is 3. The van der Waals surface area contributed by atoms with Crippen molar-refractivity contribution in [3.8, 4) is 0 Å². The molecule has 3 fully saturated rings. The maximum Gasteiger partial charge on any atom is 0.410 e. The van der Waals surface area contributed by atoms with Crippen LogP contribution in [0.25, 0.3) is 0 Å². The minimum absolute atomic E-state index is 0.0421. The van der Waals surface area contributed by atoms with Crippen LogP contribution < -0.4 is 11.1 Å². The van der Waals surface area contributed by atoms with Gasteiger partial charge in [-0.1, -0.05) is 26.2 Å². The molecule has 7 heteroatoms. The number of nitrogens with two attached hydrogens (primary N) is 1. The van der Waals surface area contributed by atoms with Crippen LogP contribution in [0.1, 0.15) is 58.3 Å². The van der Waals surface area contributed by atoms with Gasteiger partial charge in [-0.05, 0) is 32.1 Å². The van der Waals surface area contributed by atoms with Gasteiger partial charge in [0.15, 0.2) is 0 Å². The van der Waals surface area contributed by atoms with Gasteiger partial charge in [-0.15, -0.1) is 0 Å². The van der Waals surface area contributed by atoms with Gasteiger partial charge in [0.2, 0.25) is 11.8 Å². The Balaban J connectivity index is 1.76. The minimum Gasteiger partial charge on any atom is -0.449 e. The predicted octanol–water partition coefficient (Wildman–Crippen LogP) is 1.30. The van der Waals surface area contributed by atoms with Crippen molar-refractivity contribution >= 4 is 17.9 Å². The maximum absolute atomic E-state index is 12.7. The summed E-state index contributed by atoms with van der Waals surface area (Å²) in [7, 11) is 0. The van der Waals surface area contributed by atoms with E-state index in [1.54, 1.807) is 0 Å². The van der Waals surface area contributed by atoms with E-state index in [-0.39, 0.29) is 18.0 Å². The van der Waals surface area contributed by atoms with Crippen LogP contribution in [0.5, 0.6) is 0 Å². The third-order valence-corrected chi connectivity index (χ3v) is 5.82. The highest BCUT2D eigenvalue weighted by atomic mass is 16.6. The average Bonchev–Trinajstić information content (AvgIpc) is 3.20. The minimum atomic E-state index is -0.763. The average molecular weight is 337 g/mol. The fourth-order valence-corrected chi connectivity index (χ4v) is 4.61. The Morgan fingerprint density at radius 3 is 2.71 bits per heavy atom. The molecule has 2 heterocycles. The number of unbranched alkanes of at least 4 members (excludes halogenated alkanes) is 1. The molecule has 1 aliphatic carbocycles. The Morgan fingerprint density at radius 1 is 1.38 bits per heavy atom. The Labute approximate surface area is 142 Å². The van der Waals surface area contributed by atoms with Crippen LogP contribution in [0.15, 0.2) is 0 Å². The summed E-state index contributed by atoms with van der Waals surface area (Å²) in [6, 6.07) is -0.763. The predicted molar refractivity (Wildman–Crippen MR) is 87.0 cm³/mol. The molecule has 0 aromatic carbocycles. The molecule has 2 saturated heterocycles. The van der Waals surface area contributed by atoms with Crippen molar-refractivity contribution in [2.24, 2.45) is 11.1 Å². The highest BCUT2D eigenvalue weighted by molar-refractivity contribution is 5.92. The van der Waals surface area contributed by atoms with Crippen LogP contribution in [0.3, 0.4) is 0 Å².